The first-order valence-electron chi connectivity index (χ1n) is 6.80. The molecule has 0 aromatic heterocycles. The lowest BCUT2D eigenvalue weighted by atomic mass is 9.85. The molecule has 104 valence electrons. The summed E-state index contributed by atoms with van der Waals surface area (Å²) in [6.45, 7) is 7.50. The Balaban J connectivity index is 2.57. The van der Waals surface area contributed by atoms with Crippen LogP contribution >= 0.6 is 0 Å². The zero-order valence-electron chi connectivity index (χ0n) is 12.4. The van der Waals surface area contributed by atoms with Crippen LogP contribution in [0.4, 0.5) is 10.1 Å². The van der Waals surface area contributed by atoms with Crippen LogP contribution in [0.15, 0.2) is 12.1 Å². The Morgan fingerprint density at radius 3 is 2.32 bits per heavy atom. The minimum absolute atomic E-state index is 0.0200. The maximum atomic E-state index is 14.3. The molecular weight excluding hydrogens is 241 g/mol. The van der Waals surface area contributed by atoms with Gasteiger partial charge in [-0.1, -0.05) is 20.8 Å². The molecule has 1 amide bonds. The average Bonchev–Trinajstić information content (AvgIpc) is 3.09. The lowest BCUT2D eigenvalue weighted by molar-refractivity contribution is -0.116. The maximum Gasteiger partial charge on any atom is 0.223 e. The van der Waals surface area contributed by atoms with Gasteiger partial charge in [0.15, 0.2) is 0 Å². The Morgan fingerprint density at radius 2 is 1.89 bits per heavy atom. The second-order valence-electron chi connectivity index (χ2n) is 6.49. The topological polar surface area (TPSA) is 20.3 Å². The van der Waals surface area contributed by atoms with E-state index in [9.17, 15) is 9.18 Å². The van der Waals surface area contributed by atoms with Crippen LogP contribution in [-0.2, 0) is 10.2 Å². The van der Waals surface area contributed by atoms with Crippen molar-refractivity contribution in [3.63, 3.8) is 0 Å². The Morgan fingerprint density at radius 1 is 1.32 bits per heavy atom. The first-order valence-corrected chi connectivity index (χ1v) is 6.80. The van der Waals surface area contributed by atoms with E-state index in [1.165, 1.54) is 6.92 Å². The first kappa shape index (κ1) is 14.0. The van der Waals surface area contributed by atoms with E-state index in [4.69, 9.17) is 0 Å². The maximum absolute atomic E-state index is 14.3. The van der Waals surface area contributed by atoms with Gasteiger partial charge in [0.05, 0.1) is 0 Å². The number of rotatable bonds is 2. The normalized spacial score (nSPS) is 15.5. The summed E-state index contributed by atoms with van der Waals surface area (Å²) >= 11 is 0. The zero-order valence-corrected chi connectivity index (χ0v) is 12.4. The fraction of sp³-hybridized carbons (Fsp3) is 0.562. The Labute approximate surface area is 114 Å². The number of carbonyl (C=O) groups is 1. The van der Waals surface area contributed by atoms with Crippen molar-refractivity contribution in [2.45, 2.75) is 51.9 Å². The molecule has 0 N–H and O–H groups in total. The highest BCUT2D eigenvalue weighted by atomic mass is 19.1. The van der Waals surface area contributed by atoms with Crippen LogP contribution < -0.4 is 4.90 Å². The third-order valence-electron chi connectivity index (χ3n) is 3.78. The second-order valence-corrected chi connectivity index (χ2v) is 6.49. The number of carbonyl (C=O) groups excluding carboxylic acids is 1. The summed E-state index contributed by atoms with van der Waals surface area (Å²) in [6.07, 6.45) is 2.18. The van der Waals surface area contributed by atoms with Gasteiger partial charge < -0.3 is 4.90 Å². The fourth-order valence-electron chi connectivity index (χ4n) is 2.33. The Bertz CT molecular complexity index is 512. The van der Waals surface area contributed by atoms with E-state index < -0.39 is 0 Å². The fourth-order valence-corrected chi connectivity index (χ4v) is 2.33. The zero-order chi connectivity index (χ0) is 14.4. The van der Waals surface area contributed by atoms with Crippen LogP contribution in [0.25, 0.3) is 0 Å². The SMILES string of the molecule is CC(=O)N(C)c1cc(C(C)(C)C)c(F)cc1C1CC1. The monoisotopic (exact) mass is 263 g/mol. The molecule has 1 saturated carbocycles. The van der Waals surface area contributed by atoms with Gasteiger partial charge in [-0.05, 0) is 47.4 Å². The standard InChI is InChI=1S/C16H22FNO/c1-10(19)18(5)15-9-13(16(2,3)4)14(17)8-12(15)11-6-7-11/h8-9,11H,6-7H2,1-5H3. The van der Waals surface area contributed by atoms with Gasteiger partial charge in [0.1, 0.15) is 5.82 Å². The predicted octanol–water partition coefficient (Wildman–Crippen LogP) is 3.98. The lowest BCUT2D eigenvalue weighted by Crippen LogP contribution is -2.25. The largest absolute Gasteiger partial charge is 0.315 e. The predicted molar refractivity (Wildman–Crippen MR) is 76.2 cm³/mol. The summed E-state index contributed by atoms with van der Waals surface area (Å²) in [7, 11) is 1.76. The highest BCUT2D eigenvalue weighted by Crippen LogP contribution is 2.46. The quantitative estimate of drug-likeness (QED) is 0.790. The molecule has 0 bridgehead atoms. The van der Waals surface area contributed by atoms with Crippen molar-refractivity contribution in [1.29, 1.82) is 0 Å². The molecule has 0 radical (unpaired) electrons. The van der Waals surface area contributed by atoms with Crippen molar-refractivity contribution in [2.75, 3.05) is 11.9 Å². The first-order chi connectivity index (χ1) is 8.71. The van der Waals surface area contributed by atoms with Crippen molar-refractivity contribution in [3.05, 3.63) is 29.1 Å². The number of benzene rings is 1. The van der Waals surface area contributed by atoms with Gasteiger partial charge in [-0.25, -0.2) is 4.39 Å². The van der Waals surface area contributed by atoms with E-state index in [-0.39, 0.29) is 17.1 Å². The molecule has 0 spiro atoms. The number of anilines is 1. The Kier molecular flexibility index (Phi) is 3.41. The van der Waals surface area contributed by atoms with E-state index in [1.807, 2.05) is 26.8 Å². The molecule has 19 heavy (non-hydrogen) atoms. The number of amides is 1. The third kappa shape index (κ3) is 2.80. The highest BCUT2D eigenvalue weighted by Gasteiger charge is 2.31. The van der Waals surface area contributed by atoms with Crippen molar-refractivity contribution in [3.8, 4) is 0 Å². The average molecular weight is 263 g/mol. The van der Waals surface area contributed by atoms with Gasteiger partial charge in [-0.15, -0.1) is 0 Å². The molecule has 0 aliphatic heterocycles. The van der Waals surface area contributed by atoms with Crippen LogP contribution in [-0.4, -0.2) is 13.0 Å². The Hall–Kier alpha value is -1.38. The summed E-state index contributed by atoms with van der Waals surface area (Å²) in [6, 6.07) is 3.48. The smallest absolute Gasteiger partial charge is 0.223 e. The molecule has 2 rings (SSSR count). The minimum atomic E-state index is -0.265. The van der Waals surface area contributed by atoms with Crippen molar-refractivity contribution in [2.24, 2.45) is 0 Å². The van der Waals surface area contributed by atoms with Gasteiger partial charge >= 0.3 is 0 Å². The second kappa shape index (κ2) is 4.62. The molecule has 0 heterocycles. The molecule has 3 heteroatoms. The molecular formula is C16H22FNO. The number of hydrogen-bond donors (Lipinski definition) is 0. The number of hydrogen-bond acceptors (Lipinski definition) is 1. The van der Waals surface area contributed by atoms with Crippen molar-refractivity contribution >= 4 is 11.6 Å². The molecule has 0 atom stereocenters. The molecule has 1 aromatic rings. The minimum Gasteiger partial charge on any atom is -0.315 e. The molecule has 0 saturated heterocycles. The summed E-state index contributed by atoms with van der Waals surface area (Å²) in [5.74, 6) is 0.240. The molecule has 1 fully saturated rings. The van der Waals surface area contributed by atoms with Gasteiger partial charge in [-0.3, -0.25) is 4.79 Å². The third-order valence-corrected chi connectivity index (χ3v) is 3.78. The summed E-state index contributed by atoms with van der Waals surface area (Å²) in [5, 5.41) is 0. The molecule has 1 aliphatic carbocycles. The summed E-state index contributed by atoms with van der Waals surface area (Å²) < 4.78 is 14.3. The lowest BCUT2D eigenvalue weighted by Gasteiger charge is -2.25. The van der Waals surface area contributed by atoms with Crippen LogP contribution in [0.2, 0.25) is 0 Å². The number of nitrogens with zero attached hydrogens (tertiary/aromatic N) is 1. The number of halogens is 1. The van der Waals surface area contributed by atoms with Crippen LogP contribution in [0.3, 0.4) is 0 Å². The molecule has 2 nitrogen and oxygen atoms in total. The van der Waals surface area contributed by atoms with E-state index in [0.29, 0.717) is 11.5 Å². The van der Waals surface area contributed by atoms with Crippen molar-refractivity contribution < 1.29 is 9.18 Å². The van der Waals surface area contributed by atoms with E-state index in [0.717, 1.165) is 24.1 Å². The molecule has 1 aromatic carbocycles. The summed E-state index contributed by atoms with van der Waals surface area (Å²) in [5.41, 5.74) is 2.24. The highest BCUT2D eigenvalue weighted by molar-refractivity contribution is 5.92. The van der Waals surface area contributed by atoms with Crippen molar-refractivity contribution in [1.82, 2.24) is 0 Å². The van der Waals surface area contributed by atoms with Gasteiger partial charge in [0.2, 0.25) is 5.91 Å². The van der Waals surface area contributed by atoms with Gasteiger partial charge in [0.25, 0.3) is 0 Å². The molecule has 0 unspecified atom stereocenters. The van der Waals surface area contributed by atoms with E-state index >= 15 is 0 Å². The summed E-state index contributed by atoms with van der Waals surface area (Å²) in [4.78, 5) is 13.2. The van der Waals surface area contributed by atoms with E-state index in [1.54, 1.807) is 18.0 Å². The van der Waals surface area contributed by atoms with Gasteiger partial charge in [-0.2, -0.15) is 0 Å². The van der Waals surface area contributed by atoms with E-state index in [2.05, 4.69) is 0 Å². The van der Waals surface area contributed by atoms with Gasteiger partial charge in [0, 0.05) is 19.7 Å². The van der Waals surface area contributed by atoms with Crippen LogP contribution in [0, 0.1) is 5.82 Å². The van der Waals surface area contributed by atoms with Crippen LogP contribution in [0.5, 0.6) is 0 Å². The molecule has 1 aliphatic rings. The van der Waals surface area contributed by atoms with Crippen LogP contribution in [0.1, 0.15) is 57.6 Å².